The van der Waals surface area contributed by atoms with Crippen molar-refractivity contribution in [2.75, 3.05) is 49.7 Å². The molecule has 1 aliphatic heterocycles. The van der Waals surface area contributed by atoms with Crippen molar-refractivity contribution in [1.82, 2.24) is 19.1 Å². The smallest absolute Gasteiger partial charge is 0.329 e. The van der Waals surface area contributed by atoms with Gasteiger partial charge in [-0.1, -0.05) is 18.2 Å². The summed E-state index contributed by atoms with van der Waals surface area (Å²) >= 11 is 0. The molecule has 3 aromatic rings. The molecule has 3 heterocycles. The van der Waals surface area contributed by atoms with E-state index in [0.717, 1.165) is 26.2 Å². The maximum Gasteiger partial charge on any atom is 0.329 e. The Morgan fingerprint density at radius 3 is 2.43 bits per heavy atom. The number of hydrogen-bond acceptors (Lipinski definition) is 6. The SMILES string of the molecule is COCCn1c(N2CCN(c3ccccc3)CC2)nc2c1c(=O)[nH]c(=O)n2C. The Morgan fingerprint density at radius 2 is 1.75 bits per heavy atom. The van der Waals surface area contributed by atoms with Crippen molar-refractivity contribution in [3.05, 3.63) is 51.2 Å². The van der Waals surface area contributed by atoms with E-state index in [2.05, 4.69) is 31.9 Å². The molecule has 4 rings (SSSR count). The molecule has 0 aliphatic carbocycles. The number of ether oxygens (including phenoxy) is 1. The lowest BCUT2D eigenvalue weighted by molar-refractivity contribution is 0.188. The van der Waals surface area contributed by atoms with Gasteiger partial charge in [0, 0.05) is 52.6 Å². The van der Waals surface area contributed by atoms with Crippen LogP contribution >= 0.6 is 0 Å². The lowest BCUT2D eigenvalue weighted by Crippen LogP contribution is -2.47. The van der Waals surface area contributed by atoms with Crippen LogP contribution < -0.4 is 21.0 Å². The van der Waals surface area contributed by atoms with Crippen LogP contribution in [0.3, 0.4) is 0 Å². The van der Waals surface area contributed by atoms with Gasteiger partial charge in [0.25, 0.3) is 5.56 Å². The standard InChI is InChI=1S/C19H24N6O3/c1-22-16-15(17(26)21-19(22)27)25(12-13-28-2)18(20-16)24-10-8-23(9-11-24)14-6-4-3-5-7-14/h3-7H,8-13H2,1-2H3,(H,21,26,27). The highest BCUT2D eigenvalue weighted by Gasteiger charge is 2.24. The summed E-state index contributed by atoms with van der Waals surface area (Å²) in [5.74, 6) is 0.700. The minimum Gasteiger partial charge on any atom is -0.383 e. The fraction of sp³-hybridized carbons (Fsp3) is 0.421. The molecule has 1 aliphatic rings. The van der Waals surface area contributed by atoms with Crippen LogP contribution in [0.1, 0.15) is 0 Å². The Morgan fingerprint density at radius 1 is 1.07 bits per heavy atom. The quantitative estimate of drug-likeness (QED) is 0.685. The molecular weight excluding hydrogens is 360 g/mol. The summed E-state index contributed by atoms with van der Waals surface area (Å²) in [7, 11) is 3.24. The molecule has 9 heteroatoms. The molecule has 0 bridgehead atoms. The number of fused-ring (bicyclic) bond motifs is 1. The van der Waals surface area contributed by atoms with Gasteiger partial charge in [-0.25, -0.2) is 4.79 Å². The second-order valence-corrected chi connectivity index (χ2v) is 6.86. The molecule has 2 aromatic heterocycles. The lowest BCUT2D eigenvalue weighted by atomic mass is 10.2. The van der Waals surface area contributed by atoms with Gasteiger partial charge in [-0.2, -0.15) is 4.98 Å². The number of aromatic nitrogens is 4. The zero-order valence-corrected chi connectivity index (χ0v) is 16.1. The molecule has 28 heavy (non-hydrogen) atoms. The molecule has 0 atom stereocenters. The third-order valence-electron chi connectivity index (χ3n) is 5.19. The van der Waals surface area contributed by atoms with E-state index in [1.54, 1.807) is 14.2 Å². The van der Waals surface area contributed by atoms with E-state index in [9.17, 15) is 9.59 Å². The number of para-hydroxylation sites is 1. The number of rotatable bonds is 5. The van der Waals surface area contributed by atoms with Crippen LogP contribution in [0.2, 0.25) is 0 Å². The van der Waals surface area contributed by atoms with Crippen molar-refractivity contribution >= 4 is 22.8 Å². The third kappa shape index (κ3) is 3.18. The van der Waals surface area contributed by atoms with Gasteiger partial charge in [0.2, 0.25) is 5.95 Å². The Labute approximate surface area is 161 Å². The molecule has 1 saturated heterocycles. The average Bonchev–Trinajstić information content (AvgIpc) is 3.11. The van der Waals surface area contributed by atoms with Gasteiger partial charge in [0.1, 0.15) is 0 Å². The number of imidazole rings is 1. The molecule has 1 fully saturated rings. The number of aryl methyl sites for hydroxylation is 1. The molecule has 0 amide bonds. The molecule has 9 nitrogen and oxygen atoms in total. The Balaban J connectivity index is 1.68. The number of H-pyrrole nitrogens is 1. The summed E-state index contributed by atoms with van der Waals surface area (Å²) in [6.07, 6.45) is 0. The van der Waals surface area contributed by atoms with Gasteiger partial charge in [-0.15, -0.1) is 0 Å². The van der Waals surface area contributed by atoms with E-state index >= 15 is 0 Å². The number of anilines is 2. The first-order valence-corrected chi connectivity index (χ1v) is 9.33. The Hall–Kier alpha value is -3.07. The molecule has 1 aromatic carbocycles. The predicted molar refractivity (Wildman–Crippen MR) is 108 cm³/mol. The van der Waals surface area contributed by atoms with Crippen LogP contribution in [-0.2, 0) is 18.3 Å². The third-order valence-corrected chi connectivity index (χ3v) is 5.19. The van der Waals surface area contributed by atoms with Crippen molar-refractivity contribution in [3.63, 3.8) is 0 Å². The molecule has 0 saturated carbocycles. The number of piperazine rings is 1. The van der Waals surface area contributed by atoms with E-state index in [1.807, 2.05) is 22.8 Å². The highest BCUT2D eigenvalue weighted by Crippen LogP contribution is 2.22. The highest BCUT2D eigenvalue weighted by molar-refractivity contribution is 5.74. The van der Waals surface area contributed by atoms with Crippen molar-refractivity contribution in [1.29, 1.82) is 0 Å². The van der Waals surface area contributed by atoms with E-state index in [1.165, 1.54) is 10.3 Å². The minimum atomic E-state index is -0.464. The number of aromatic amines is 1. The summed E-state index contributed by atoms with van der Waals surface area (Å²) < 4.78 is 8.45. The van der Waals surface area contributed by atoms with Crippen LogP contribution in [-0.4, -0.2) is 59.0 Å². The largest absolute Gasteiger partial charge is 0.383 e. The van der Waals surface area contributed by atoms with Crippen LogP contribution in [0.5, 0.6) is 0 Å². The van der Waals surface area contributed by atoms with Gasteiger partial charge in [0.05, 0.1) is 6.61 Å². The monoisotopic (exact) mass is 384 g/mol. The highest BCUT2D eigenvalue weighted by atomic mass is 16.5. The van der Waals surface area contributed by atoms with Crippen molar-refractivity contribution < 1.29 is 4.74 Å². The van der Waals surface area contributed by atoms with Crippen LogP contribution in [0.15, 0.2) is 39.9 Å². The summed E-state index contributed by atoms with van der Waals surface area (Å²) in [5.41, 5.74) is 1.11. The molecule has 0 unspecified atom stereocenters. The topological polar surface area (TPSA) is 88.4 Å². The van der Waals surface area contributed by atoms with Gasteiger partial charge in [-0.3, -0.25) is 14.3 Å². The summed E-state index contributed by atoms with van der Waals surface area (Å²) in [6.45, 7) is 4.20. The summed E-state index contributed by atoms with van der Waals surface area (Å²) in [5, 5.41) is 0. The molecule has 0 radical (unpaired) electrons. The molecule has 0 spiro atoms. The number of benzene rings is 1. The molecule has 1 N–H and O–H groups in total. The van der Waals surface area contributed by atoms with Crippen molar-refractivity contribution in [2.24, 2.45) is 7.05 Å². The first kappa shape index (κ1) is 18.3. The minimum absolute atomic E-state index is 0.394. The van der Waals surface area contributed by atoms with Crippen molar-refractivity contribution in [2.45, 2.75) is 6.54 Å². The maximum absolute atomic E-state index is 12.5. The van der Waals surface area contributed by atoms with E-state index in [-0.39, 0.29) is 0 Å². The van der Waals surface area contributed by atoms with Crippen LogP contribution in [0.4, 0.5) is 11.6 Å². The van der Waals surface area contributed by atoms with Gasteiger partial charge >= 0.3 is 5.69 Å². The average molecular weight is 384 g/mol. The van der Waals surface area contributed by atoms with Crippen LogP contribution in [0, 0.1) is 0 Å². The summed E-state index contributed by atoms with van der Waals surface area (Å²) in [4.78, 5) is 36.0. The Bertz CT molecular complexity index is 1080. The molecular formula is C19H24N6O3. The first-order chi connectivity index (χ1) is 13.6. The Kier molecular flexibility index (Phi) is 4.91. The van der Waals surface area contributed by atoms with Gasteiger partial charge < -0.3 is 19.1 Å². The number of nitrogens with zero attached hydrogens (tertiary/aromatic N) is 5. The van der Waals surface area contributed by atoms with E-state index < -0.39 is 11.2 Å². The first-order valence-electron chi connectivity index (χ1n) is 9.33. The second-order valence-electron chi connectivity index (χ2n) is 6.86. The fourth-order valence-electron chi connectivity index (χ4n) is 3.66. The zero-order chi connectivity index (χ0) is 19.7. The number of nitrogens with one attached hydrogen (secondary N) is 1. The van der Waals surface area contributed by atoms with Crippen LogP contribution in [0.25, 0.3) is 11.2 Å². The zero-order valence-electron chi connectivity index (χ0n) is 16.1. The molecule has 148 valence electrons. The maximum atomic E-state index is 12.5. The number of methoxy groups -OCH3 is 1. The fourth-order valence-corrected chi connectivity index (χ4v) is 3.66. The lowest BCUT2D eigenvalue weighted by Gasteiger charge is -2.36. The second kappa shape index (κ2) is 7.51. The van der Waals surface area contributed by atoms with E-state index in [4.69, 9.17) is 4.74 Å². The number of hydrogen-bond donors (Lipinski definition) is 1. The normalized spacial score (nSPS) is 14.8. The van der Waals surface area contributed by atoms with E-state index in [0.29, 0.717) is 30.3 Å². The summed E-state index contributed by atoms with van der Waals surface area (Å²) in [6, 6.07) is 10.3. The van der Waals surface area contributed by atoms with Gasteiger partial charge in [-0.05, 0) is 12.1 Å². The van der Waals surface area contributed by atoms with Crippen molar-refractivity contribution in [3.8, 4) is 0 Å². The predicted octanol–water partition coefficient (Wildman–Crippen LogP) is 0.396. The van der Waals surface area contributed by atoms with Gasteiger partial charge in [0.15, 0.2) is 11.2 Å².